The predicted molar refractivity (Wildman–Crippen MR) is 101 cm³/mol. The zero-order chi connectivity index (χ0) is 18.5. The zero-order valence-corrected chi connectivity index (χ0v) is 15.6. The first-order valence-electron chi connectivity index (χ1n) is 8.71. The lowest BCUT2D eigenvalue weighted by atomic mass is 9.99. The number of thioether (sulfide) groups is 1. The van der Waals surface area contributed by atoms with Crippen LogP contribution in [-0.4, -0.2) is 38.1 Å². The molecule has 0 saturated carbocycles. The van der Waals surface area contributed by atoms with Gasteiger partial charge in [-0.1, -0.05) is 55.9 Å². The van der Waals surface area contributed by atoms with Crippen molar-refractivity contribution in [2.24, 2.45) is 0 Å². The van der Waals surface area contributed by atoms with Crippen molar-refractivity contribution in [2.45, 2.75) is 49.2 Å². The molecule has 1 aromatic carbocycles. The van der Waals surface area contributed by atoms with E-state index in [9.17, 15) is 9.59 Å². The van der Waals surface area contributed by atoms with E-state index in [2.05, 4.69) is 15.3 Å². The van der Waals surface area contributed by atoms with Crippen molar-refractivity contribution in [1.82, 2.24) is 20.2 Å². The van der Waals surface area contributed by atoms with Crippen LogP contribution >= 0.6 is 11.8 Å². The quantitative estimate of drug-likeness (QED) is 0.479. The van der Waals surface area contributed by atoms with Crippen LogP contribution in [0.1, 0.15) is 38.3 Å². The first-order chi connectivity index (χ1) is 12.6. The zero-order valence-electron chi connectivity index (χ0n) is 14.8. The van der Waals surface area contributed by atoms with E-state index >= 15 is 0 Å². The Bertz CT molecular complexity index is 757. The smallest absolute Gasteiger partial charge is 0.324 e. The number of rotatable bonds is 6. The fraction of sp³-hybridized carbons (Fsp3) is 0.368. The summed E-state index contributed by atoms with van der Waals surface area (Å²) in [4.78, 5) is 34.5. The third-order valence-electron chi connectivity index (χ3n) is 4.49. The maximum atomic E-state index is 12.7. The molecule has 1 N–H and O–H groups in total. The van der Waals surface area contributed by atoms with Gasteiger partial charge in [-0.25, -0.2) is 14.8 Å². The van der Waals surface area contributed by atoms with Gasteiger partial charge in [0.15, 0.2) is 5.16 Å². The molecular formula is C19H22N4O2S. The Balaban J connectivity index is 1.64. The highest BCUT2D eigenvalue weighted by molar-refractivity contribution is 7.99. The standard InChI is InChI=1S/C19H22N4O2S/c1-3-15(14-8-5-4-6-9-14)22-19(25)23-16(12-17(23)24)13(2)26-18-20-10-7-11-21-18/h4-11,13,15-16H,3,12H2,1-2H3,(H,22,25). The van der Waals surface area contributed by atoms with Gasteiger partial charge in [-0.3, -0.25) is 9.69 Å². The first kappa shape index (κ1) is 18.4. The third-order valence-corrected chi connectivity index (χ3v) is 5.59. The summed E-state index contributed by atoms with van der Waals surface area (Å²) in [5.41, 5.74) is 1.04. The number of aromatic nitrogens is 2. The highest BCUT2D eigenvalue weighted by Gasteiger charge is 2.44. The molecule has 1 aliphatic heterocycles. The largest absolute Gasteiger partial charge is 0.331 e. The van der Waals surface area contributed by atoms with E-state index in [1.807, 2.05) is 44.2 Å². The van der Waals surface area contributed by atoms with Crippen molar-refractivity contribution in [1.29, 1.82) is 0 Å². The molecule has 2 aromatic rings. The fourth-order valence-corrected chi connectivity index (χ4v) is 3.95. The fourth-order valence-electron chi connectivity index (χ4n) is 3.00. The maximum absolute atomic E-state index is 12.7. The topological polar surface area (TPSA) is 75.2 Å². The highest BCUT2D eigenvalue weighted by atomic mass is 32.2. The lowest BCUT2D eigenvalue weighted by molar-refractivity contribution is -0.140. The van der Waals surface area contributed by atoms with E-state index in [0.717, 1.165) is 12.0 Å². The molecule has 1 aliphatic rings. The first-order valence-corrected chi connectivity index (χ1v) is 9.59. The Morgan fingerprint density at radius 2 is 1.96 bits per heavy atom. The van der Waals surface area contributed by atoms with Crippen molar-refractivity contribution in [3.8, 4) is 0 Å². The summed E-state index contributed by atoms with van der Waals surface area (Å²) in [6.07, 6.45) is 4.50. The average Bonchev–Trinajstić information content (AvgIpc) is 2.65. The summed E-state index contributed by atoms with van der Waals surface area (Å²) in [7, 11) is 0. The summed E-state index contributed by atoms with van der Waals surface area (Å²) in [6.45, 7) is 4.01. The average molecular weight is 370 g/mol. The van der Waals surface area contributed by atoms with Crippen LogP contribution in [-0.2, 0) is 4.79 Å². The molecule has 0 bridgehead atoms. The molecule has 6 nitrogen and oxygen atoms in total. The van der Waals surface area contributed by atoms with E-state index in [-0.39, 0.29) is 29.3 Å². The normalized spacial score (nSPS) is 18.8. The highest BCUT2D eigenvalue weighted by Crippen LogP contribution is 2.32. The molecule has 1 saturated heterocycles. The Hall–Kier alpha value is -2.41. The number of carbonyl (C=O) groups excluding carboxylic acids is 2. The number of amides is 3. The molecule has 1 fully saturated rings. The molecule has 26 heavy (non-hydrogen) atoms. The van der Waals surface area contributed by atoms with Crippen LogP contribution in [0.25, 0.3) is 0 Å². The van der Waals surface area contributed by atoms with Crippen molar-refractivity contribution in [2.75, 3.05) is 0 Å². The van der Waals surface area contributed by atoms with Gasteiger partial charge in [-0.05, 0) is 18.1 Å². The van der Waals surface area contributed by atoms with Crippen LogP contribution in [0.4, 0.5) is 4.79 Å². The summed E-state index contributed by atoms with van der Waals surface area (Å²) >= 11 is 1.48. The third kappa shape index (κ3) is 4.04. The molecule has 3 unspecified atom stereocenters. The molecule has 0 aliphatic carbocycles. The van der Waals surface area contributed by atoms with Crippen molar-refractivity contribution < 1.29 is 9.59 Å². The van der Waals surface area contributed by atoms with Gasteiger partial charge in [0.1, 0.15) is 0 Å². The van der Waals surface area contributed by atoms with Gasteiger partial charge >= 0.3 is 6.03 Å². The Kier molecular flexibility index (Phi) is 5.88. The van der Waals surface area contributed by atoms with E-state index in [1.54, 1.807) is 18.5 Å². The van der Waals surface area contributed by atoms with Crippen LogP contribution in [0.5, 0.6) is 0 Å². The molecule has 3 atom stereocenters. The van der Waals surface area contributed by atoms with E-state index in [4.69, 9.17) is 0 Å². The summed E-state index contributed by atoms with van der Waals surface area (Å²) in [5, 5.41) is 3.66. The Morgan fingerprint density at radius 1 is 1.27 bits per heavy atom. The number of hydrogen-bond acceptors (Lipinski definition) is 5. The molecular weight excluding hydrogens is 348 g/mol. The number of hydrogen-bond donors (Lipinski definition) is 1. The number of urea groups is 1. The second-order valence-corrected chi connectivity index (χ2v) is 7.55. The monoisotopic (exact) mass is 370 g/mol. The molecule has 2 heterocycles. The SMILES string of the molecule is CCC(NC(=O)N1C(=O)CC1C(C)Sc1ncccn1)c1ccccc1. The van der Waals surface area contributed by atoms with E-state index < -0.39 is 0 Å². The maximum Gasteiger partial charge on any atom is 0.324 e. The number of β-lactam (4-membered cyclic amide) rings is 1. The molecule has 3 amide bonds. The second kappa shape index (κ2) is 8.31. The molecule has 1 aromatic heterocycles. The van der Waals surface area contributed by atoms with Crippen LogP contribution in [0.15, 0.2) is 53.9 Å². The van der Waals surface area contributed by atoms with Crippen LogP contribution in [0.2, 0.25) is 0 Å². The Labute approximate surface area is 157 Å². The molecule has 7 heteroatoms. The summed E-state index contributed by atoms with van der Waals surface area (Å²) < 4.78 is 0. The number of likely N-dealkylation sites (tertiary alicyclic amines) is 1. The van der Waals surface area contributed by atoms with Crippen molar-refractivity contribution >= 4 is 23.7 Å². The number of nitrogens with one attached hydrogen (secondary N) is 1. The van der Waals surface area contributed by atoms with Crippen molar-refractivity contribution in [3.05, 3.63) is 54.4 Å². The summed E-state index contributed by atoms with van der Waals surface area (Å²) in [6, 6.07) is 11.0. The Morgan fingerprint density at radius 3 is 2.58 bits per heavy atom. The lowest BCUT2D eigenvalue weighted by Gasteiger charge is -2.42. The minimum Gasteiger partial charge on any atom is -0.331 e. The number of benzene rings is 1. The second-order valence-electron chi connectivity index (χ2n) is 6.21. The minimum atomic E-state index is -0.330. The van der Waals surface area contributed by atoms with Gasteiger partial charge in [-0.15, -0.1) is 0 Å². The van der Waals surface area contributed by atoms with Gasteiger partial charge in [0, 0.05) is 24.1 Å². The van der Waals surface area contributed by atoms with Crippen LogP contribution < -0.4 is 5.32 Å². The van der Waals surface area contributed by atoms with Gasteiger partial charge < -0.3 is 5.32 Å². The van der Waals surface area contributed by atoms with Crippen molar-refractivity contribution in [3.63, 3.8) is 0 Å². The van der Waals surface area contributed by atoms with Gasteiger partial charge in [-0.2, -0.15) is 0 Å². The van der Waals surface area contributed by atoms with E-state index in [0.29, 0.717) is 11.6 Å². The van der Waals surface area contributed by atoms with Crippen LogP contribution in [0.3, 0.4) is 0 Å². The van der Waals surface area contributed by atoms with Gasteiger partial charge in [0.25, 0.3) is 0 Å². The number of carbonyl (C=O) groups is 2. The number of imide groups is 1. The molecule has 136 valence electrons. The van der Waals surface area contributed by atoms with Crippen LogP contribution in [0, 0.1) is 0 Å². The molecule has 0 spiro atoms. The molecule has 3 rings (SSSR count). The predicted octanol–water partition coefficient (Wildman–Crippen LogP) is 3.42. The minimum absolute atomic E-state index is 0.0256. The molecule has 0 radical (unpaired) electrons. The lowest BCUT2D eigenvalue weighted by Crippen LogP contribution is -2.62. The summed E-state index contributed by atoms with van der Waals surface area (Å²) in [5.74, 6) is -0.142. The number of nitrogens with zero attached hydrogens (tertiary/aromatic N) is 3. The van der Waals surface area contributed by atoms with Gasteiger partial charge in [0.05, 0.1) is 12.1 Å². The van der Waals surface area contributed by atoms with E-state index in [1.165, 1.54) is 16.7 Å². The van der Waals surface area contributed by atoms with Gasteiger partial charge in [0.2, 0.25) is 5.91 Å².